The number of hydrazone groups is 1. The van der Waals surface area contributed by atoms with E-state index in [-0.39, 0.29) is 0 Å². The molecular weight excluding hydrogens is 244 g/mol. The fourth-order valence-electron chi connectivity index (χ4n) is 3.41. The van der Waals surface area contributed by atoms with Crippen LogP contribution in [-0.2, 0) is 0 Å². The minimum atomic E-state index is 0.475. The standard InChI is InChI=1S/C18H16N2/c1-19-20-11-15-8-7-14-6-5-12-3-2-4-13-9-10-16(15)18(14)17(12)13/h2-11,13,17,19H,1H3/b20-11+. The lowest BCUT2D eigenvalue weighted by Crippen LogP contribution is -2.21. The predicted molar refractivity (Wildman–Crippen MR) is 84.6 cm³/mol. The van der Waals surface area contributed by atoms with Gasteiger partial charge in [-0.3, -0.25) is 0 Å². The minimum absolute atomic E-state index is 0.475. The molecule has 2 unspecified atom stereocenters. The molecule has 0 saturated carbocycles. The average molecular weight is 260 g/mol. The Morgan fingerprint density at radius 2 is 2.10 bits per heavy atom. The Balaban J connectivity index is 1.96. The zero-order valence-electron chi connectivity index (χ0n) is 11.4. The van der Waals surface area contributed by atoms with Crippen LogP contribution >= 0.6 is 0 Å². The minimum Gasteiger partial charge on any atom is -0.313 e. The maximum Gasteiger partial charge on any atom is 0.0546 e. The van der Waals surface area contributed by atoms with Gasteiger partial charge in [-0.1, -0.05) is 54.7 Å². The molecule has 0 aromatic heterocycles. The molecule has 3 aliphatic rings. The SMILES string of the molecule is CN/N=C/c1ccc2c3c1C=CC1C=CC=C(C=C2)C31. The molecule has 1 aromatic carbocycles. The highest BCUT2D eigenvalue weighted by Gasteiger charge is 2.32. The third-order valence-electron chi connectivity index (χ3n) is 4.30. The Hall–Kier alpha value is -2.35. The van der Waals surface area contributed by atoms with Gasteiger partial charge >= 0.3 is 0 Å². The monoisotopic (exact) mass is 260 g/mol. The molecule has 3 aliphatic carbocycles. The van der Waals surface area contributed by atoms with Crippen LogP contribution in [0.3, 0.4) is 0 Å². The molecule has 0 amide bonds. The maximum absolute atomic E-state index is 4.17. The molecule has 0 heterocycles. The van der Waals surface area contributed by atoms with Crippen LogP contribution < -0.4 is 5.43 Å². The topological polar surface area (TPSA) is 24.4 Å². The first-order valence-electron chi connectivity index (χ1n) is 7.00. The molecule has 0 spiro atoms. The van der Waals surface area contributed by atoms with E-state index >= 15 is 0 Å². The van der Waals surface area contributed by atoms with E-state index in [9.17, 15) is 0 Å². The summed E-state index contributed by atoms with van der Waals surface area (Å²) in [6, 6.07) is 4.36. The Labute approximate surface area is 118 Å². The number of benzene rings is 1. The summed E-state index contributed by atoms with van der Waals surface area (Å²) in [5.41, 5.74) is 9.53. The van der Waals surface area contributed by atoms with Crippen molar-refractivity contribution in [1.29, 1.82) is 0 Å². The average Bonchev–Trinajstić information content (AvgIpc) is 2.51. The molecule has 2 nitrogen and oxygen atoms in total. The fourth-order valence-corrected chi connectivity index (χ4v) is 3.41. The molecule has 20 heavy (non-hydrogen) atoms. The van der Waals surface area contributed by atoms with Crippen molar-refractivity contribution in [3.8, 4) is 0 Å². The van der Waals surface area contributed by atoms with Gasteiger partial charge in [0.25, 0.3) is 0 Å². The molecule has 0 bridgehead atoms. The predicted octanol–water partition coefficient (Wildman–Crippen LogP) is 3.49. The summed E-state index contributed by atoms with van der Waals surface area (Å²) in [4.78, 5) is 0. The summed E-state index contributed by atoms with van der Waals surface area (Å²) in [6.45, 7) is 0. The normalized spacial score (nSPS) is 24.8. The van der Waals surface area contributed by atoms with E-state index in [1.165, 1.54) is 27.8 Å². The molecule has 2 heteroatoms. The van der Waals surface area contributed by atoms with Gasteiger partial charge in [0.2, 0.25) is 0 Å². The van der Waals surface area contributed by atoms with Crippen molar-refractivity contribution in [1.82, 2.24) is 5.43 Å². The first-order chi connectivity index (χ1) is 9.88. The molecule has 2 atom stereocenters. The summed E-state index contributed by atoms with van der Waals surface area (Å²) >= 11 is 0. The molecule has 1 aromatic rings. The molecule has 98 valence electrons. The highest BCUT2D eigenvalue weighted by molar-refractivity contribution is 5.89. The van der Waals surface area contributed by atoms with Crippen LogP contribution in [0, 0.1) is 5.92 Å². The number of hydrogen-bond acceptors (Lipinski definition) is 2. The lowest BCUT2D eigenvalue weighted by Gasteiger charge is -2.35. The zero-order valence-corrected chi connectivity index (χ0v) is 11.4. The second-order valence-corrected chi connectivity index (χ2v) is 5.35. The van der Waals surface area contributed by atoms with Crippen LogP contribution in [-0.4, -0.2) is 13.3 Å². The second kappa shape index (κ2) is 4.34. The molecule has 0 saturated heterocycles. The van der Waals surface area contributed by atoms with Crippen LogP contribution in [0.1, 0.15) is 28.2 Å². The third-order valence-corrected chi connectivity index (χ3v) is 4.30. The van der Waals surface area contributed by atoms with Gasteiger partial charge in [0, 0.05) is 24.4 Å². The lowest BCUT2D eigenvalue weighted by molar-refractivity contribution is 0.664. The van der Waals surface area contributed by atoms with Gasteiger partial charge in [-0.2, -0.15) is 5.10 Å². The lowest BCUT2D eigenvalue weighted by atomic mass is 9.68. The summed E-state index contributed by atoms with van der Waals surface area (Å²) in [5.74, 6) is 0.964. The number of nitrogens with one attached hydrogen (secondary N) is 1. The Morgan fingerprint density at radius 3 is 3.00 bits per heavy atom. The first kappa shape index (κ1) is 11.5. The van der Waals surface area contributed by atoms with E-state index in [0.717, 1.165) is 0 Å². The Bertz CT molecular complexity index is 717. The van der Waals surface area contributed by atoms with E-state index in [1.54, 1.807) is 0 Å². The van der Waals surface area contributed by atoms with Crippen LogP contribution in [0.2, 0.25) is 0 Å². The van der Waals surface area contributed by atoms with Crippen molar-refractivity contribution < 1.29 is 0 Å². The van der Waals surface area contributed by atoms with E-state index in [4.69, 9.17) is 0 Å². The summed E-state index contributed by atoms with van der Waals surface area (Å²) in [6.07, 6.45) is 17.7. The number of allylic oxidation sites excluding steroid dienone is 6. The van der Waals surface area contributed by atoms with Gasteiger partial charge in [0.05, 0.1) is 6.21 Å². The molecule has 0 fully saturated rings. The molecular formula is C18H16N2. The van der Waals surface area contributed by atoms with E-state index in [2.05, 4.69) is 65.2 Å². The number of nitrogens with zero attached hydrogens (tertiary/aromatic N) is 1. The molecule has 0 aliphatic heterocycles. The van der Waals surface area contributed by atoms with Crippen molar-refractivity contribution >= 4 is 18.4 Å². The van der Waals surface area contributed by atoms with Crippen molar-refractivity contribution in [2.45, 2.75) is 5.92 Å². The van der Waals surface area contributed by atoms with Crippen molar-refractivity contribution in [2.75, 3.05) is 7.05 Å². The van der Waals surface area contributed by atoms with Gasteiger partial charge in [0.1, 0.15) is 0 Å². The van der Waals surface area contributed by atoms with Gasteiger partial charge < -0.3 is 5.43 Å². The van der Waals surface area contributed by atoms with Crippen LogP contribution in [0.25, 0.3) is 12.2 Å². The quantitative estimate of drug-likeness (QED) is 0.639. The van der Waals surface area contributed by atoms with E-state index in [1.807, 2.05) is 13.3 Å². The smallest absolute Gasteiger partial charge is 0.0546 e. The van der Waals surface area contributed by atoms with E-state index < -0.39 is 0 Å². The largest absolute Gasteiger partial charge is 0.313 e. The Kier molecular flexibility index (Phi) is 2.49. The van der Waals surface area contributed by atoms with Gasteiger partial charge in [-0.25, -0.2) is 0 Å². The third kappa shape index (κ3) is 1.54. The van der Waals surface area contributed by atoms with Gasteiger partial charge in [-0.15, -0.1) is 0 Å². The summed E-state index contributed by atoms with van der Waals surface area (Å²) in [5, 5.41) is 4.17. The number of hydrogen-bond donors (Lipinski definition) is 1. The fraction of sp³-hybridized carbons (Fsp3) is 0.167. The molecule has 4 rings (SSSR count). The van der Waals surface area contributed by atoms with Crippen LogP contribution in [0.5, 0.6) is 0 Å². The van der Waals surface area contributed by atoms with Crippen molar-refractivity contribution in [2.24, 2.45) is 11.0 Å². The van der Waals surface area contributed by atoms with Crippen LogP contribution in [0.4, 0.5) is 0 Å². The second-order valence-electron chi connectivity index (χ2n) is 5.35. The highest BCUT2D eigenvalue weighted by atomic mass is 15.3. The highest BCUT2D eigenvalue weighted by Crippen LogP contribution is 2.47. The van der Waals surface area contributed by atoms with Crippen LogP contribution in [0.15, 0.2) is 53.2 Å². The summed E-state index contributed by atoms with van der Waals surface area (Å²) < 4.78 is 0. The molecule has 0 radical (unpaired) electrons. The molecule has 1 N–H and O–H groups in total. The maximum atomic E-state index is 4.17. The van der Waals surface area contributed by atoms with Gasteiger partial charge in [0.15, 0.2) is 0 Å². The zero-order chi connectivity index (χ0) is 13.5. The van der Waals surface area contributed by atoms with Gasteiger partial charge in [-0.05, 0) is 22.3 Å². The van der Waals surface area contributed by atoms with Crippen molar-refractivity contribution in [3.63, 3.8) is 0 Å². The van der Waals surface area contributed by atoms with Crippen molar-refractivity contribution in [3.05, 3.63) is 70.3 Å². The Morgan fingerprint density at radius 1 is 1.15 bits per heavy atom. The number of rotatable bonds is 2. The van der Waals surface area contributed by atoms with E-state index in [0.29, 0.717) is 11.8 Å². The first-order valence-corrected chi connectivity index (χ1v) is 7.00. The summed E-state index contributed by atoms with van der Waals surface area (Å²) in [7, 11) is 1.82.